The van der Waals surface area contributed by atoms with Crippen LogP contribution in [0, 0.1) is 6.92 Å². The van der Waals surface area contributed by atoms with Crippen molar-refractivity contribution < 1.29 is 9.47 Å². The van der Waals surface area contributed by atoms with Crippen molar-refractivity contribution >= 4 is 28.6 Å². The predicted octanol–water partition coefficient (Wildman–Crippen LogP) is 4.88. The molecule has 0 radical (unpaired) electrons. The van der Waals surface area contributed by atoms with Gasteiger partial charge in [-0.3, -0.25) is 0 Å². The zero-order valence-corrected chi connectivity index (χ0v) is 19.9. The molecule has 178 valence electrons. The summed E-state index contributed by atoms with van der Waals surface area (Å²) >= 11 is 0. The Morgan fingerprint density at radius 1 is 0.912 bits per heavy atom. The summed E-state index contributed by atoms with van der Waals surface area (Å²) in [5.74, 6) is 1.93. The van der Waals surface area contributed by atoms with Crippen molar-refractivity contribution in [2.24, 2.45) is 0 Å². The highest BCUT2D eigenvalue weighted by atomic mass is 16.5. The highest BCUT2D eigenvalue weighted by Gasteiger charge is 2.18. The number of fused-ring (bicyclic) bond motifs is 1. The second kappa shape index (κ2) is 11.3. The Kier molecular flexibility index (Phi) is 7.75. The molecule has 1 aromatic carbocycles. The minimum absolute atomic E-state index is 0.287. The molecule has 0 amide bonds. The molecule has 3 heterocycles. The molecule has 0 saturated carbocycles. The number of benzene rings is 1. The number of anilines is 3. The van der Waals surface area contributed by atoms with Crippen molar-refractivity contribution in [3.05, 3.63) is 54.2 Å². The van der Waals surface area contributed by atoms with E-state index in [-0.39, 0.29) is 6.01 Å². The van der Waals surface area contributed by atoms with Crippen LogP contribution in [0.5, 0.6) is 11.9 Å². The number of pyridine rings is 1. The Hall–Kier alpha value is -3.88. The van der Waals surface area contributed by atoms with Crippen LogP contribution >= 0.6 is 0 Å². The Labute approximate surface area is 199 Å². The molecule has 0 atom stereocenters. The van der Waals surface area contributed by atoms with E-state index in [1.807, 2.05) is 24.3 Å². The largest absolute Gasteiger partial charge is 0.474 e. The Bertz CT molecular complexity index is 1170. The van der Waals surface area contributed by atoms with Crippen LogP contribution in [0.25, 0.3) is 11.2 Å². The maximum absolute atomic E-state index is 5.85. The minimum Gasteiger partial charge on any atom is -0.474 e. The minimum atomic E-state index is 0.287. The first-order valence-electron chi connectivity index (χ1n) is 11.7. The van der Waals surface area contributed by atoms with Crippen molar-refractivity contribution in [1.82, 2.24) is 24.9 Å². The maximum Gasteiger partial charge on any atom is 0.320 e. The molecule has 0 aliphatic heterocycles. The summed E-state index contributed by atoms with van der Waals surface area (Å²) in [4.78, 5) is 23.7. The van der Waals surface area contributed by atoms with Gasteiger partial charge in [-0.25, -0.2) is 9.97 Å². The summed E-state index contributed by atoms with van der Waals surface area (Å²) in [6, 6.07) is 14.0. The van der Waals surface area contributed by atoms with E-state index >= 15 is 0 Å². The molecule has 0 bridgehead atoms. The summed E-state index contributed by atoms with van der Waals surface area (Å²) in [5, 5.41) is 3.32. The van der Waals surface area contributed by atoms with E-state index in [1.165, 1.54) is 5.56 Å². The molecule has 9 nitrogen and oxygen atoms in total. The summed E-state index contributed by atoms with van der Waals surface area (Å²) in [6.07, 6.45) is 3.69. The highest BCUT2D eigenvalue weighted by Crippen LogP contribution is 2.27. The van der Waals surface area contributed by atoms with Crippen LogP contribution in [-0.4, -0.2) is 51.2 Å². The summed E-state index contributed by atoms with van der Waals surface area (Å²) < 4.78 is 11.5. The predicted molar refractivity (Wildman–Crippen MR) is 134 cm³/mol. The summed E-state index contributed by atoms with van der Waals surface area (Å²) in [6.45, 7) is 8.75. The average molecular weight is 462 g/mol. The van der Waals surface area contributed by atoms with Crippen molar-refractivity contribution in [2.75, 3.05) is 36.5 Å². The number of hydrogen-bond donors (Lipinski definition) is 2. The third-order valence-electron chi connectivity index (χ3n) is 5.11. The van der Waals surface area contributed by atoms with Gasteiger partial charge in [-0.2, -0.15) is 9.97 Å². The number of imidazole rings is 1. The first kappa shape index (κ1) is 23.3. The van der Waals surface area contributed by atoms with E-state index in [0.717, 1.165) is 37.4 Å². The third-order valence-corrected chi connectivity index (χ3v) is 5.11. The van der Waals surface area contributed by atoms with Crippen molar-refractivity contribution in [2.45, 2.75) is 33.6 Å². The number of ether oxygens (including phenoxy) is 2. The van der Waals surface area contributed by atoms with Crippen molar-refractivity contribution in [3.8, 4) is 11.9 Å². The SMILES string of the molecule is CCCN(CCC)c1nc(OCCOc2ccccn2)nc2[nH]c(Nc3ccc(C)cc3)nc12. The molecule has 0 fully saturated rings. The van der Waals surface area contributed by atoms with E-state index in [4.69, 9.17) is 19.4 Å². The van der Waals surface area contributed by atoms with Crippen LogP contribution in [0.15, 0.2) is 48.7 Å². The normalized spacial score (nSPS) is 10.9. The van der Waals surface area contributed by atoms with Gasteiger partial charge in [-0.15, -0.1) is 0 Å². The number of H-pyrrole nitrogens is 1. The van der Waals surface area contributed by atoms with E-state index in [9.17, 15) is 0 Å². The molecule has 0 aliphatic rings. The summed E-state index contributed by atoms with van der Waals surface area (Å²) in [5.41, 5.74) is 3.49. The fraction of sp³-hybridized carbons (Fsp3) is 0.360. The van der Waals surface area contributed by atoms with Gasteiger partial charge in [0.05, 0.1) is 0 Å². The van der Waals surface area contributed by atoms with Gasteiger partial charge in [0, 0.05) is 31.0 Å². The van der Waals surface area contributed by atoms with Crippen LogP contribution in [0.4, 0.5) is 17.5 Å². The lowest BCUT2D eigenvalue weighted by molar-refractivity contribution is 0.202. The zero-order chi connectivity index (χ0) is 23.8. The number of rotatable bonds is 12. The maximum atomic E-state index is 5.85. The molecule has 34 heavy (non-hydrogen) atoms. The number of hydrogen-bond acceptors (Lipinski definition) is 8. The molecule has 2 N–H and O–H groups in total. The van der Waals surface area contributed by atoms with Gasteiger partial charge in [-0.05, 0) is 38.0 Å². The second-order valence-corrected chi connectivity index (χ2v) is 7.96. The Balaban J connectivity index is 1.57. The van der Waals surface area contributed by atoms with Crippen LogP contribution < -0.4 is 19.7 Å². The molecule has 0 unspecified atom stereocenters. The van der Waals surface area contributed by atoms with E-state index in [0.29, 0.717) is 36.2 Å². The molecule has 4 aromatic rings. The van der Waals surface area contributed by atoms with Crippen LogP contribution in [-0.2, 0) is 0 Å². The molecular formula is C25H31N7O2. The fourth-order valence-corrected chi connectivity index (χ4v) is 3.56. The van der Waals surface area contributed by atoms with E-state index in [1.54, 1.807) is 12.3 Å². The number of nitrogens with zero attached hydrogens (tertiary/aromatic N) is 5. The molecule has 0 saturated heterocycles. The number of aromatic amines is 1. The highest BCUT2D eigenvalue weighted by molar-refractivity contribution is 5.86. The lowest BCUT2D eigenvalue weighted by Gasteiger charge is -2.22. The average Bonchev–Trinajstić information content (AvgIpc) is 3.25. The first-order valence-corrected chi connectivity index (χ1v) is 11.7. The van der Waals surface area contributed by atoms with Gasteiger partial charge in [0.15, 0.2) is 17.0 Å². The van der Waals surface area contributed by atoms with Gasteiger partial charge in [0.1, 0.15) is 13.2 Å². The molecule has 4 rings (SSSR count). The number of aryl methyl sites for hydroxylation is 1. The lowest BCUT2D eigenvalue weighted by Crippen LogP contribution is -2.26. The quantitative estimate of drug-likeness (QED) is 0.288. The second-order valence-electron chi connectivity index (χ2n) is 7.96. The van der Waals surface area contributed by atoms with Crippen LogP contribution in [0.1, 0.15) is 32.3 Å². The number of aromatic nitrogens is 5. The fourth-order valence-electron chi connectivity index (χ4n) is 3.56. The van der Waals surface area contributed by atoms with Gasteiger partial charge in [-0.1, -0.05) is 37.6 Å². The van der Waals surface area contributed by atoms with Crippen LogP contribution in [0.3, 0.4) is 0 Å². The Morgan fingerprint density at radius 2 is 1.68 bits per heavy atom. The van der Waals surface area contributed by atoms with Gasteiger partial charge >= 0.3 is 6.01 Å². The third kappa shape index (κ3) is 5.92. The molecule has 9 heteroatoms. The standard InChI is InChI=1S/C25H31N7O2/c1-4-14-32(15-5-2)23-21-22(29-24(28-21)27-19-11-9-18(3)10-12-19)30-25(31-23)34-17-16-33-20-8-6-7-13-26-20/h6-13H,4-5,14-17H2,1-3H3,(H2,27,28,29,30,31). The zero-order valence-electron chi connectivity index (χ0n) is 19.9. The molecule has 3 aromatic heterocycles. The smallest absolute Gasteiger partial charge is 0.320 e. The Morgan fingerprint density at radius 3 is 2.38 bits per heavy atom. The van der Waals surface area contributed by atoms with E-state index < -0.39 is 0 Å². The lowest BCUT2D eigenvalue weighted by atomic mass is 10.2. The van der Waals surface area contributed by atoms with Gasteiger partial charge < -0.3 is 24.7 Å². The molecular weight excluding hydrogens is 430 g/mol. The first-order chi connectivity index (χ1) is 16.7. The van der Waals surface area contributed by atoms with Crippen molar-refractivity contribution in [3.63, 3.8) is 0 Å². The molecule has 0 aliphatic carbocycles. The van der Waals surface area contributed by atoms with Gasteiger partial charge in [0.25, 0.3) is 0 Å². The summed E-state index contributed by atoms with van der Waals surface area (Å²) in [7, 11) is 0. The van der Waals surface area contributed by atoms with E-state index in [2.05, 4.69) is 58.1 Å². The van der Waals surface area contributed by atoms with Crippen LogP contribution in [0.2, 0.25) is 0 Å². The monoisotopic (exact) mass is 461 g/mol. The van der Waals surface area contributed by atoms with Gasteiger partial charge in [0.2, 0.25) is 11.8 Å². The van der Waals surface area contributed by atoms with Crippen molar-refractivity contribution in [1.29, 1.82) is 0 Å². The number of nitrogens with one attached hydrogen (secondary N) is 2. The molecule has 0 spiro atoms. The topological polar surface area (TPSA) is 101 Å².